The quantitative estimate of drug-likeness (QED) is 0.427. The van der Waals surface area contributed by atoms with E-state index in [0.29, 0.717) is 11.6 Å². The summed E-state index contributed by atoms with van der Waals surface area (Å²) in [5.74, 6) is 0.0809. The number of nitrogens with zero attached hydrogens (tertiary/aromatic N) is 4. The van der Waals surface area contributed by atoms with E-state index in [1.165, 1.54) is 0 Å². The number of methoxy groups -OCH3 is 1. The number of hydrogen-bond donors (Lipinski definition) is 1. The average molecular weight is 462 g/mol. The van der Waals surface area contributed by atoms with Gasteiger partial charge >= 0.3 is 0 Å². The van der Waals surface area contributed by atoms with Gasteiger partial charge in [-0.25, -0.2) is 18.4 Å². The third-order valence-corrected chi connectivity index (χ3v) is 5.71. The summed E-state index contributed by atoms with van der Waals surface area (Å²) in [4.78, 5) is 17.7. The summed E-state index contributed by atoms with van der Waals surface area (Å²) >= 11 is 0. The van der Waals surface area contributed by atoms with Gasteiger partial charge < -0.3 is 4.74 Å². The molecule has 0 saturated carbocycles. The number of sulfonamides is 1. The van der Waals surface area contributed by atoms with Gasteiger partial charge in [-0.15, -0.1) is 0 Å². The smallest absolute Gasteiger partial charge is 0.230 e. The lowest BCUT2D eigenvalue weighted by Crippen LogP contribution is -2.18. The number of anilines is 1. The third-order valence-electron chi connectivity index (χ3n) is 5.13. The SMILES string of the molecule is COc1ncccc1C(c1cccc(NS(C)(=O)=O)n1)C(c1cccnc1)c1cccnc1. The van der Waals surface area contributed by atoms with Gasteiger partial charge in [-0.3, -0.25) is 14.7 Å². The zero-order valence-corrected chi connectivity index (χ0v) is 19.0. The van der Waals surface area contributed by atoms with Gasteiger partial charge in [-0.2, -0.15) is 0 Å². The van der Waals surface area contributed by atoms with Gasteiger partial charge in [0.25, 0.3) is 0 Å². The van der Waals surface area contributed by atoms with Crippen molar-refractivity contribution in [1.82, 2.24) is 19.9 Å². The molecule has 4 rings (SSSR count). The minimum absolute atomic E-state index is 0.235. The van der Waals surface area contributed by atoms with Gasteiger partial charge in [0.2, 0.25) is 15.9 Å². The van der Waals surface area contributed by atoms with Crippen molar-refractivity contribution in [3.63, 3.8) is 0 Å². The second-order valence-corrected chi connectivity index (χ2v) is 9.20. The first-order valence-electron chi connectivity index (χ1n) is 10.2. The van der Waals surface area contributed by atoms with Crippen LogP contribution in [-0.2, 0) is 10.0 Å². The van der Waals surface area contributed by atoms with Crippen molar-refractivity contribution in [2.24, 2.45) is 0 Å². The largest absolute Gasteiger partial charge is 0.481 e. The van der Waals surface area contributed by atoms with Crippen LogP contribution in [0, 0.1) is 0 Å². The molecule has 0 spiro atoms. The molecule has 1 atom stereocenters. The molecule has 168 valence electrons. The Balaban J connectivity index is 1.97. The summed E-state index contributed by atoms with van der Waals surface area (Å²) < 4.78 is 31.7. The Labute approximate surface area is 192 Å². The molecule has 1 N–H and O–H groups in total. The summed E-state index contributed by atoms with van der Waals surface area (Å²) in [7, 11) is -1.92. The maximum Gasteiger partial charge on any atom is 0.230 e. The molecule has 9 heteroatoms. The predicted molar refractivity (Wildman–Crippen MR) is 126 cm³/mol. The molecule has 0 radical (unpaired) electrons. The van der Waals surface area contributed by atoms with Gasteiger partial charge in [0.1, 0.15) is 5.82 Å². The molecule has 0 saturated heterocycles. The number of ether oxygens (including phenoxy) is 1. The van der Waals surface area contributed by atoms with E-state index >= 15 is 0 Å². The molecular formula is C24H23N5O3S. The molecule has 33 heavy (non-hydrogen) atoms. The van der Waals surface area contributed by atoms with Crippen LogP contribution in [0.4, 0.5) is 5.82 Å². The molecule has 0 fully saturated rings. The highest BCUT2D eigenvalue weighted by Gasteiger charge is 2.32. The highest BCUT2D eigenvalue weighted by molar-refractivity contribution is 7.92. The average Bonchev–Trinajstić information content (AvgIpc) is 2.82. The van der Waals surface area contributed by atoms with Crippen molar-refractivity contribution in [3.05, 3.63) is 108 Å². The van der Waals surface area contributed by atoms with Crippen LogP contribution in [0.2, 0.25) is 0 Å². The number of pyridine rings is 4. The summed E-state index contributed by atoms with van der Waals surface area (Å²) in [5, 5.41) is 0. The van der Waals surface area contributed by atoms with E-state index in [-0.39, 0.29) is 17.7 Å². The van der Waals surface area contributed by atoms with Crippen LogP contribution >= 0.6 is 0 Å². The molecular weight excluding hydrogens is 438 g/mol. The predicted octanol–water partition coefficient (Wildman–Crippen LogP) is 3.61. The lowest BCUT2D eigenvalue weighted by atomic mass is 9.76. The van der Waals surface area contributed by atoms with E-state index < -0.39 is 10.0 Å². The molecule has 4 aromatic rings. The Morgan fingerprint density at radius 3 is 2.09 bits per heavy atom. The fraction of sp³-hybridized carbons (Fsp3) is 0.167. The first-order chi connectivity index (χ1) is 16.0. The minimum atomic E-state index is -3.49. The molecule has 4 heterocycles. The number of aromatic nitrogens is 4. The van der Waals surface area contributed by atoms with Crippen molar-refractivity contribution in [1.29, 1.82) is 0 Å². The van der Waals surface area contributed by atoms with Gasteiger partial charge in [-0.1, -0.05) is 24.3 Å². The van der Waals surface area contributed by atoms with Crippen molar-refractivity contribution in [2.45, 2.75) is 11.8 Å². The van der Waals surface area contributed by atoms with Crippen LogP contribution in [-0.4, -0.2) is 41.7 Å². The monoisotopic (exact) mass is 461 g/mol. The molecule has 4 aromatic heterocycles. The van der Waals surface area contributed by atoms with Gasteiger partial charge in [-0.05, 0) is 41.5 Å². The molecule has 0 aliphatic heterocycles. The van der Waals surface area contributed by atoms with E-state index in [2.05, 4.69) is 24.7 Å². The van der Waals surface area contributed by atoms with Gasteiger partial charge in [0.15, 0.2) is 0 Å². The van der Waals surface area contributed by atoms with Crippen molar-refractivity contribution in [2.75, 3.05) is 18.1 Å². The Morgan fingerprint density at radius 2 is 1.52 bits per heavy atom. The van der Waals surface area contributed by atoms with Crippen LogP contribution in [0.3, 0.4) is 0 Å². The van der Waals surface area contributed by atoms with Crippen molar-refractivity contribution >= 4 is 15.8 Å². The highest BCUT2D eigenvalue weighted by atomic mass is 32.2. The molecule has 0 bridgehead atoms. The van der Waals surface area contributed by atoms with E-state index in [4.69, 9.17) is 4.74 Å². The first kappa shape index (κ1) is 22.3. The summed E-state index contributed by atoms with van der Waals surface area (Å²) in [6.07, 6.45) is 9.82. The Kier molecular flexibility index (Phi) is 6.60. The Morgan fingerprint density at radius 1 is 0.848 bits per heavy atom. The van der Waals surface area contributed by atoms with Crippen LogP contribution in [0.1, 0.15) is 34.2 Å². The Hall–Kier alpha value is -3.85. The summed E-state index contributed by atoms with van der Waals surface area (Å²) in [6.45, 7) is 0. The van der Waals surface area contributed by atoms with Gasteiger partial charge in [0.05, 0.1) is 19.1 Å². The maximum absolute atomic E-state index is 11.8. The lowest BCUT2D eigenvalue weighted by Gasteiger charge is -2.29. The maximum atomic E-state index is 11.8. The Bertz CT molecular complexity index is 1280. The summed E-state index contributed by atoms with van der Waals surface area (Å²) in [6, 6.07) is 16.8. The fourth-order valence-corrected chi connectivity index (χ4v) is 4.38. The topological polar surface area (TPSA) is 107 Å². The molecule has 0 aliphatic rings. The minimum Gasteiger partial charge on any atom is -0.481 e. The van der Waals surface area contributed by atoms with Crippen LogP contribution in [0.25, 0.3) is 0 Å². The summed E-state index contributed by atoms with van der Waals surface area (Å²) in [5.41, 5.74) is 3.35. The second-order valence-electron chi connectivity index (χ2n) is 7.45. The zero-order chi connectivity index (χ0) is 23.3. The lowest BCUT2D eigenvalue weighted by molar-refractivity contribution is 0.388. The second kappa shape index (κ2) is 9.74. The van der Waals surface area contributed by atoms with E-state index in [1.54, 1.807) is 37.8 Å². The fourth-order valence-electron chi connectivity index (χ4n) is 3.89. The third kappa shape index (κ3) is 5.32. The van der Waals surface area contributed by atoms with Crippen LogP contribution < -0.4 is 9.46 Å². The van der Waals surface area contributed by atoms with Gasteiger partial charge in [0, 0.05) is 48.4 Å². The van der Waals surface area contributed by atoms with E-state index in [1.807, 2.05) is 54.9 Å². The zero-order valence-electron chi connectivity index (χ0n) is 18.2. The number of nitrogens with one attached hydrogen (secondary N) is 1. The molecule has 0 aromatic carbocycles. The van der Waals surface area contributed by atoms with Crippen molar-refractivity contribution < 1.29 is 13.2 Å². The first-order valence-corrected chi connectivity index (χ1v) is 12.1. The molecule has 1 unspecified atom stereocenters. The van der Waals surface area contributed by atoms with Crippen LogP contribution in [0.5, 0.6) is 5.88 Å². The van der Waals surface area contributed by atoms with Crippen molar-refractivity contribution in [3.8, 4) is 5.88 Å². The molecule has 0 amide bonds. The highest BCUT2D eigenvalue weighted by Crippen LogP contribution is 2.44. The van der Waals surface area contributed by atoms with E-state index in [0.717, 1.165) is 22.9 Å². The normalized spacial score (nSPS) is 12.3. The number of rotatable bonds is 8. The number of hydrogen-bond acceptors (Lipinski definition) is 7. The van der Waals surface area contributed by atoms with Crippen LogP contribution in [0.15, 0.2) is 85.6 Å². The standard InChI is InChI=1S/C24H23N5O3S/c1-32-24-19(9-6-14-27-24)23(20-10-3-11-21(28-20)29-33(2,30)31)22(17-7-4-12-25-15-17)18-8-5-13-26-16-18/h3-16,22-23H,1-2H3,(H,28,29). The molecule has 0 aliphatic carbocycles. The van der Waals surface area contributed by atoms with E-state index in [9.17, 15) is 8.42 Å². The molecule has 8 nitrogen and oxygen atoms in total.